The molecule has 1 N–H and O–H groups in total. The molecule has 24 heavy (non-hydrogen) atoms. The third-order valence-electron chi connectivity index (χ3n) is 4.00. The molecule has 1 atom stereocenters. The van der Waals surface area contributed by atoms with E-state index in [0.717, 1.165) is 17.7 Å². The number of ether oxygens (including phenoxy) is 1. The van der Waals surface area contributed by atoms with Crippen molar-refractivity contribution in [2.75, 3.05) is 13.7 Å². The van der Waals surface area contributed by atoms with Crippen molar-refractivity contribution in [2.24, 2.45) is 5.92 Å². The molecule has 0 aliphatic rings. The summed E-state index contributed by atoms with van der Waals surface area (Å²) in [6, 6.07) is 7.05. The first kappa shape index (κ1) is 20.0. The Bertz CT molecular complexity index is 526. The first-order valence-corrected chi connectivity index (χ1v) is 8.59. The van der Waals surface area contributed by atoms with E-state index in [2.05, 4.69) is 19.2 Å². The Labute approximate surface area is 145 Å². The second-order valence-electron chi connectivity index (χ2n) is 6.37. The summed E-state index contributed by atoms with van der Waals surface area (Å²) in [5.41, 5.74) is 0.972. The molecule has 0 bridgehead atoms. The number of nitrogens with zero attached hydrogens (tertiary/aromatic N) is 1. The number of methoxy groups -OCH3 is 1. The van der Waals surface area contributed by atoms with Crippen LogP contribution in [0.3, 0.4) is 0 Å². The summed E-state index contributed by atoms with van der Waals surface area (Å²) in [5.74, 6) is 1.17. The van der Waals surface area contributed by atoms with Gasteiger partial charge in [-0.3, -0.25) is 9.59 Å². The monoisotopic (exact) mass is 334 g/mol. The molecule has 1 aromatic rings. The molecular weight excluding hydrogens is 304 g/mol. The molecule has 1 aromatic carbocycles. The van der Waals surface area contributed by atoms with Gasteiger partial charge >= 0.3 is 0 Å². The number of carbonyl (C=O) groups excluding carboxylic acids is 2. The van der Waals surface area contributed by atoms with Gasteiger partial charge in [0.05, 0.1) is 7.11 Å². The van der Waals surface area contributed by atoms with Crippen LogP contribution >= 0.6 is 0 Å². The van der Waals surface area contributed by atoms with Crippen molar-refractivity contribution in [3.05, 3.63) is 29.8 Å². The lowest BCUT2D eigenvalue weighted by molar-refractivity contribution is -0.140. The fourth-order valence-corrected chi connectivity index (χ4v) is 2.35. The number of carbonyl (C=O) groups is 2. The summed E-state index contributed by atoms with van der Waals surface area (Å²) in [5, 5.41) is 2.92. The third-order valence-corrected chi connectivity index (χ3v) is 4.00. The Balaban J connectivity index is 2.75. The number of hydrogen-bond acceptors (Lipinski definition) is 3. The van der Waals surface area contributed by atoms with Crippen LogP contribution in [0.1, 0.15) is 46.1 Å². The van der Waals surface area contributed by atoms with E-state index in [9.17, 15) is 9.59 Å². The molecule has 134 valence electrons. The van der Waals surface area contributed by atoms with Crippen molar-refractivity contribution in [3.8, 4) is 5.75 Å². The largest absolute Gasteiger partial charge is 0.497 e. The summed E-state index contributed by atoms with van der Waals surface area (Å²) in [6.07, 6.45) is 1.30. The molecule has 0 saturated heterocycles. The van der Waals surface area contributed by atoms with Crippen molar-refractivity contribution in [2.45, 2.75) is 53.1 Å². The molecule has 0 saturated carbocycles. The lowest BCUT2D eigenvalue weighted by atomic mass is 10.1. The Kier molecular flexibility index (Phi) is 8.30. The molecule has 0 heterocycles. The minimum absolute atomic E-state index is 0.0303. The van der Waals surface area contributed by atoms with Gasteiger partial charge in [-0.05, 0) is 37.0 Å². The molecule has 1 unspecified atom stereocenters. The fourth-order valence-electron chi connectivity index (χ4n) is 2.35. The predicted octanol–water partition coefficient (Wildman–Crippen LogP) is 2.98. The number of nitrogens with one attached hydrogen (secondary N) is 1. The van der Waals surface area contributed by atoms with Gasteiger partial charge in [0, 0.05) is 19.5 Å². The van der Waals surface area contributed by atoms with Gasteiger partial charge in [-0.2, -0.15) is 0 Å². The standard InChI is InChI=1S/C19H30N2O3/c1-6-18(22)21(13-16-7-9-17(24-5)10-8-16)15(4)19(23)20-12-11-14(2)3/h7-10,14-15H,6,11-13H2,1-5H3,(H,20,23). The molecule has 0 aliphatic carbocycles. The van der Waals surface area contributed by atoms with Gasteiger partial charge in [-0.25, -0.2) is 0 Å². The maximum absolute atomic E-state index is 12.4. The van der Waals surface area contributed by atoms with E-state index >= 15 is 0 Å². The van der Waals surface area contributed by atoms with E-state index in [1.54, 1.807) is 18.9 Å². The van der Waals surface area contributed by atoms with E-state index in [-0.39, 0.29) is 11.8 Å². The Morgan fingerprint density at radius 1 is 1.17 bits per heavy atom. The molecule has 1 rings (SSSR count). The molecule has 0 radical (unpaired) electrons. The molecule has 5 heteroatoms. The average Bonchev–Trinajstić information content (AvgIpc) is 2.58. The number of benzene rings is 1. The van der Waals surface area contributed by atoms with Gasteiger partial charge in [-0.1, -0.05) is 32.9 Å². The van der Waals surface area contributed by atoms with E-state index in [4.69, 9.17) is 4.74 Å². The Morgan fingerprint density at radius 3 is 2.29 bits per heavy atom. The second-order valence-corrected chi connectivity index (χ2v) is 6.37. The van der Waals surface area contributed by atoms with Gasteiger partial charge in [0.2, 0.25) is 11.8 Å². The van der Waals surface area contributed by atoms with Crippen LogP contribution in [-0.4, -0.2) is 36.4 Å². The molecule has 5 nitrogen and oxygen atoms in total. The average molecular weight is 334 g/mol. The number of rotatable bonds is 9. The molecule has 0 spiro atoms. The minimum Gasteiger partial charge on any atom is -0.497 e. The van der Waals surface area contributed by atoms with Crippen LogP contribution in [0, 0.1) is 5.92 Å². The summed E-state index contributed by atoms with van der Waals surface area (Å²) < 4.78 is 5.15. The highest BCUT2D eigenvalue weighted by atomic mass is 16.5. The summed E-state index contributed by atoms with van der Waals surface area (Å²) in [7, 11) is 1.62. The Morgan fingerprint density at radius 2 is 1.79 bits per heavy atom. The normalized spacial score (nSPS) is 11.9. The van der Waals surface area contributed by atoms with Crippen molar-refractivity contribution in [3.63, 3.8) is 0 Å². The number of hydrogen-bond donors (Lipinski definition) is 1. The number of amides is 2. The second kappa shape index (κ2) is 9.96. The van der Waals surface area contributed by atoms with Crippen LogP contribution in [0.5, 0.6) is 5.75 Å². The van der Waals surface area contributed by atoms with Crippen molar-refractivity contribution < 1.29 is 14.3 Å². The van der Waals surface area contributed by atoms with Gasteiger partial charge < -0.3 is 15.0 Å². The smallest absolute Gasteiger partial charge is 0.242 e. The van der Waals surface area contributed by atoms with Gasteiger partial charge in [0.25, 0.3) is 0 Å². The zero-order valence-electron chi connectivity index (χ0n) is 15.5. The zero-order chi connectivity index (χ0) is 18.1. The molecule has 0 aliphatic heterocycles. The highest BCUT2D eigenvalue weighted by Crippen LogP contribution is 2.15. The summed E-state index contributed by atoms with van der Waals surface area (Å²) >= 11 is 0. The third kappa shape index (κ3) is 6.22. The van der Waals surface area contributed by atoms with Crippen LogP contribution in [0.15, 0.2) is 24.3 Å². The quantitative estimate of drug-likeness (QED) is 0.755. The van der Waals surface area contributed by atoms with Crippen molar-refractivity contribution in [1.82, 2.24) is 10.2 Å². The SMILES string of the molecule is CCC(=O)N(Cc1ccc(OC)cc1)C(C)C(=O)NCCC(C)C. The first-order valence-electron chi connectivity index (χ1n) is 8.59. The van der Waals surface area contributed by atoms with Crippen molar-refractivity contribution >= 4 is 11.8 Å². The predicted molar refractivity (Wildman–Crippen MR) is 95.8 cm³/mol. The minimum atomic E-state index is -0.494. The molecular formula is C19H30N2O3. The van der Waals surface area contributed by atoms with Crippen LogP contribution in [0.2, 0.25) is 0 Å². The molecule has 0 fully saturated rings. The van der Waals surface area contributed by atoms with Crippen molar-refractivity contribution in [1.29, 1.82) is 0 Å². The van der Waals surface area contributed by atoms with Crippen LogP contribution in [-0.2, 0) is 16.1 Å². The molecule has 0 aromatic heterocycles. The van der Waals surface area contributed by atoms with Crippen LogP contribution in [0.25, 0.3) is 0 Å². The highest BCUT2D eigenvalue weighted by Gasteiger charge is 2.24. The topological polar surface area (TPSA) is 58.6 Å². The van der Waals surface area contributed by atoms with Gasteiger partial charge in [-0.15, -0.1) is 0 Å². The van der Waals surface area contributed by atoms with Crippen LogP contribution < -0.4 is 10.1 Å². The van der Waals surface area contributed by atoms with E-state index in [1.165, 1.54) is 0 Å². The lowest BCUT2D eigenvalue weighted by Crippen LogP contribution is -2.47. The zero-order valence-corrected chi connectivity index (χ0v) is 15.5. The van der Waals surface area contributed by atoms with Gasteiger partial charge in [0.15, 0.2) is 0 Å². The maximum Gasteiger partial charge on any atom is 0.242 e. The first-order chi connectivity index (χ1) is 11.4. The molecule has 2 amide bonds. The van der Waals surface area contributed by atoms with Gasteiger partial charge in [0.1, 0.15) is 11.8 Å². The van der Waals surface area contributed by atoms with Crippen LogP contribution in [0.4, 0.5) is 0 Å². The lowest BCUT2D eigenvalue weighted by Gasteiger charge is -2.28. The fraction of sp³-hybridized carbons (Fsp3) is 0.579. The Hall–Kier alpha value is -2.04. The van der Waals surface area contributed by atoms with E-state index in [0.29, 0.717) is 25.4 Å². The summed E-state index contributed by atoms with van der Waals surface area (Å²) in [6.45, 7) is 8.87. The maximum atomic E-state index is 12.4. The summed E-state index contributed by atoms with van der Waals surface area (Å²) in [4.78, 5) is 26.3. The van der Waals surface area contributed by atoms with E-state index < -0.39 is 6.04 Å². The highest BCUT2D eigenvalue weighted by molar-refractivity contribution is 5.87. The van der Waals surface area contributed by atoms with E-state index in [1.807, 2.05) is 31.2 Å².